The minimum Gasteiger partial charge on any atom is -0.364 e. The molecule has 126 valence electrons. The van der Waals surface area contributed by atoms with Crippen LogP contribution in [0.4, 0.5) is 5.82 Å². The van der Waals surface area contributed by atoms with E-state index in [1.165, 1.54) is 0 Å². The van der Waals surface area contributed by atoms with E-state index in [1.54, 1.807) is 0 Å². The zero-order chi connectivity index (χ0) is 17.5. The number of amides is 1. The molecular formula is C11H12N8O5. The maximum atomic E-state index is 11.5. The van der Waals surface area contributed by atoms with E-state index >= 15 is 0 Å². The Morgan fingerprint density at radius 3 is 2.67 bits per heavy atom. The highest BCUT2D eigenvalue weighted by atomic mass is 16.2. The van der Waals surface area contributed by atoms with Gasteiger partial charge in [0.1, 0.15) is 0 Å². The maximum absolute atomic E-state index is 11.5. The van der Waals surface area contributed by atoms with E-state index in [1.807, 2.05) is 15.1 Å². The average Bonchev–Trinajstić information content (AvgIpc) is 2.48. The van der Waals surface area contributed by atoms with Crippen molar-refractivity contribution in [3.05, 3.63) is 53.4 Å². The smallest absolute Gasteiger partial charge is 0.342 e. The van der Waals surface area contributed by atoms with Gasteiger partial charge in [-0.25, -0.2) is 20.1 Å². The van der Waals surface area contributed by atoms with Gasteiger partial charge in [-0.3, -0.25) is 24.4 Å². The van der Waals surface area contributed by atoms with Gasteiger partial charge in [0.2, 0.25) is 11.7 Å². The molecule has 0 aliphatic carbocycles. The van der Waals surface area contributed by atoms with Gasteiger partial charge in [0.05, 0.1) is 11.9 Å². The number of carbonyl (C=O) groups is 1. The number of aromatic amines is 4. The van der Waals surface area contributed by atoms with Gasteiger partial charge < -0.3 is 10.3 Å². The molecule has 0 saturated carbocycles. The minimum absolute atomic E-state index is 0.0521. The highest BCUT2D eigenvalue weighted by Gasteiger charge is 2.03. The number of aromatic nitrogens is 5. The van der Waals surface area contributed by atoms with Crippen LogP contribution in [0.5, 0.6) is 0 Å². The molecule has 0 radical (unpaired) electrons. The summed E-state index contributed by atoms with van der Waals surface area (Å²) in [6.45, 7) is 0.0608. The van der Waals surface area contributed by atoms with Crippen LogP contribution in [0.1, 0.15) is 12.1 Å². The van der Waals surface area contributed by atoms with Gasteiger partial charge in [-0.1, -0.05) is 0 Å². The van der Waals surface area contributed by atoms with Crippen LogP contribution >= 0.6 is 0 Å². The van der Waals surface area contributed by atoms with Crippen molar-refractivity contribution >= 4 is 17.9 Å². The van der Waals surface area contributed by atoms with E-state index in [4.69, 9.17) is 0 Å². The third kappa shape index (κ3) is 4.90. The summed E-state index contributed by atoms with van der Waals surface area (Å²) in [7, 11) is 0. The van der Waals surface area contributed by atoms with Crippen molar-refractivity contribution < 1.29 is 4.79 Å². The van der Waals surface area contributed by atoms with Crippen LogP contribution in [0, 0.1) is 0 Å². The number of hydrogen-bond acceptors (Lipinski definition) is 8. The first kappa shape index (κ1) is 16.6. The topological polar surface area (TPSA) is 198 Å². The highest BCUT2D eigenvalue weighted by Crippen LogP contribution is 1.88. The second-order valence-electron chi connectivity index (χ2n) is 4.37. The van der Waals surface area contributed by atoms with E-state index in [0.29, 0.717) is 0 Å². The molecule has 0 aliphatic rings. The summed E-state index contributed by atoms with van der Waals surface area (Å²) in [6, 6.07) is 1.09. The molecule has 0 bridgehead atoms. The Balaban J connectivity index is 1.82. The number of hydrogen-bond donors (Lipinski definition) is 6. The summed E-state index contributed by atoms with van der Waals surface area (Å²) < 4.78 is 0. The fraction of sp³-hybridized carbons (Fsp3) is 0.182. The summed E-state index contributed by atoms with van der Waals surface area (Å²) in [5.74, 6) is -0.626. The van der Waals surface area contributed by atoms with Crippen molar-refractivity contribution in [1.29, 1.82) is 0 Å². The molecule has 0 saturated heterocycles. The fourth-order valence-corrected chi connectivity index (χ4v) is 1.55. The molecular weight excluding hydrogens is 324 g/mol. The molecule has 1 amide bonds. The summed E-state index contributed by atoms with van der Waals surface area (Å²) in [5, 5.41) is 11.6. The van der Waals surface area contributed by atoms with E-state index in [-0.39, 0.29) is 24.5 Å². The Bertz CT molecular complexity index is 953. The van der Waals surface area contributed by atoms with Gasteiger partial charge in [-0.2, -0.15) is 5.10 Å². The molecule has 2 heterocycles. The third-order valence-corrected chi connectivity index (χ3v) is 2.53. The molecule has 2 aromatic heterocycles. The zero-order valence-corrected chi connectivity index (χ0v) is 12.0. The van der Waals surface area contributed by atoms with Gasteiger partial charge in [0.15, 0.2) is 0 Å². The largest absolute Gasteiger partial charge is 0.364 e. The van der Waals surface area contributed by atoms with Gasteiger partial charge in [0.25, 0.3) is 11.1 Å². The first-order chi connectivity index (χ1) is 11.4. The lowest BCUT2D eigenvalue weighted by atomic mass is 10.4. The average molecular weight is 336 g/mol. The normalized spacial score (nSPS) is 10.7. The first-order valence-electron chi connectivity index (χ1n) is 6.52. The SMILES string of the molecule is O=C(CCNc1n[nH]c(=O)[nH]c1=O)N/N=C\c1cc(=O)[nH]c(=O)[nH]1. The molecule has 2 aromatic rings. The van der Waals surface area contributed by atoms with Crippen molar-refractivity contribution in [3.63, 3.8) is 0 Å². The molecule has 13 heteroatoms. The molecule has 0 aliphatic heterocycles. The molecule has 24 heavy (non-hydrogen) atoms. The van der Waals surface area contributed by atoms with Crippen LogP contribution in [-0.4, -0.2) is 43.8 Å². The quantitative estimate of drug-likeness (QED) is 0.235. The van der Waals surface area contributed by atoms with E-state index in [9.17, 15) is 24.0 Å². The van der Waals surface area contributed by atoms with E-state index in [2.05, 4.69) is 25.9 Å². The monoisotopic (exact) mass is 336 g/mol. The molecule has 2 rings (SSSR count). The van der Waals surface area contributed by atoms with Gasteiger partial charge in [-0.15, -0.1) is 5.10 Å². The number of carbonyl (C=O) groups excluding carboxylic acids is 1. The summed E-state index contributed by atoms with van der Waals surface area (Å²) in [5.41, 5.74) is -0.463. The highest BCUT2D eigenvalue weighted by molar-refractivity contribution is 5.80. The van der Waals surface area contributed by atoms with Crippen LogP contribution in [0.2, 0.25) is 0 Å². The van der Waals surface area contributed by atoms with Crippen LogP contribution in [0.3, 0.4) is 0 Å². The van der Waals surface area contributed by atoms with Gasteiger partial charge >= 0.3 is 11.4 Å². The number of hydrazone groups is 1. The Kier molecular flexibility index (Phi) is 5.17. The maximum Gasteiger partial charge on any atom is 0.342 e. The number of H-pyrrole nitrogens is 4. The second kappa shape index (κ2) is 7.48. The lowest BCUT2D eigenvalue weighted by molar-refractivity contribution is -0.120. The Morgan fingerprint density at radius 1 is 1.17 bits per heavy atom. The molecule has 0 spiro atoms. The van der Waals surface area contributed by atoms with Crippen LogP contribution < -0.4 is 33.2 Å². The van der Waals surface area contributed by atoms with E-state index < -0.39 is 28.4 Å². The predicted octanol–water partition coefficient (Wildman–Crippen LogP) is -3.21. The fourth-order valence-electron chi connectivity index (χ4n) is 1.55. The van der Waals surface area contributed by atoms with Crippen LogP contribution in [0.15, 0.2) is 30.3 Å². The lowest BCUT2D eigenvalue weighted by Crippen LogP contribution is -2.28. The summed E-state index contributed by atoms with van der Waals surface area (Å²) >= 11 is 0. The van der Waals surface area contributed by atoms with Crippen molar-refractivity contribution in [3.8, 4) is 0 Å². The predicted molar refractivity (Wildman–Crippen MR) is 82.0 cm³/mol. The molecule has 6 N–H and O–H groups in total. The number of rotatable bonds is 6. The lowest BCUT2D eigenvalue weighted by Gasteiger charge is -2.02. The Hall–Kier alpha value is -3.77. The first-order valence-corrected chi connectivity index (χ1v) is 6.52. The standard InChI is InChI=1S/C11H12N8O5/c20-6(1-2-12-8-9(22)16-11(24)19-18-8)17-13-4-5-3-7(21)15-10(23)14-5/h3-4H,1-2H2,(H,12,18)(H,17,20)(H2,14,15,21,23)(H2,16,19,22,24)/b13-4-. The molecule has 0 atom stereocenters. The van der Waals surface area contributed by atoms with Crippen molar-refractivity contribution in [2.45, 2.75) is 6.42 Å². The second-order valence-corrected chi connectivity index (χ2v) is 4.37. The van der Waals surface area contributed by atoms with Crippen LogP contribution in [0.25, 0.3) is 0 Å². The molecule has 13 nitrogen and oxygen atoms in total. The van der Waals surface area contributed by atoms with Crippen molar-refractivity contribution in [2.75, 3.05) is 11.9 Å². The van der Waals surface area contributed by atoms with Gasteiger partial charge in [0, 0.05) is 19.0 Å². The summed E-state index contributed by atoms with van der Waals surface area (Å²) in [6.07, 6.45) is 1.04. The van der Waals surface area contributed by atoms with Gasteiger partial charge in [-0.05, 0) is 0 Å². The minimum atomic E-state index is -0.740. The summed E-state index contributed by atoms with van der Waals surface area (Å²) in [4.78, 5) is 61.9. The Labute approximate surface area is 131 Å². The molecule has 0 unspecified atom stereocenters. The number of nitrogens with one attached hydrogen (secondary N) is 6. The third-order valence-electron chi connectivity index (χ3n) is 2.53. The Morgan fingerprint density at radius 2 is 1.96 bits per heavy atom. The van der Waals surface area contributed by atoms with E-state index in [0.717, 1.165) is 12.3 Å². The zero-order valence-electron chi connectivity index (χ0n) is 12.0. The van der Waals surface area contributed by atoms with Crippen LogP contribution in [-0.2, 0) is 4.79 Å². The van der Waals surface area contributed by atoms with Crippen molar-refractivity contribution in [2.24, 2.45) is 5.10 Å². The molecule has 0 aromatic carbocycles. The number of nitrogens with zero attached hydrogens (tertiary/aromatic N) is 2. The number of anilines is 1. The molecule has 0 fully saturated rings. The van der Waals surface area contributed by atoms with Crippen molar-refractivity contribution in [1.82, 2.24) is 30.6 Å².